The predicted octanol–water partition coefficient (Wildman–Crippen LogP) is 4.35. The summed E-state index contributed by atoms with van der Waals surface area (Å²) in [6.07, 6.45) is -2.93. The standard InChI is InChI=1S/C22H22F3N5O3S/c1-26-34(32)11-9-29(10-12-34)22(31)30(17-5-3-2-4-6-17)14-16-8-7-15(13-18(16)23)20-27-28-21(33-20)19(24)25/h2-8,13,19H,9-12,14H2,1H3. The van der Waals surface area contributed by atoms with E-state index in [0.29, 0.717) is 5.69 Å². The molecule has 3 aromatic rings. The summed E-state index contributed by atoms with van der Waals surface area (Å²) in [6.45, 7) is 0.484. The summed E-state index contributed by atoms with van der Waals surface area (Å²) in [6, 6.07) is 12.5. The van der Waals surface area contributed by atoms with Gasteiger partial charge in [0.2, 0.25) is 5.89 Å². The van der Waals surface area contributed by atoms with Crippen molar-refractivity contribution in [2.45, 2.75) is 13.0 Å². The molecular formula is C22H22F3N5O3S. The van der Waals surface area contributed by atoms with E-state index in [4.69, 9.17) is 4.42 Å². The topological polar surface area (TPSA) is 91.9 Å². The van der Waals surface area contributed by atoms with Crippen LogP contribution in [0.15, 0.2) is 57.3 Å². The third-order valence-electron chi connectivity index (χ3n) is 5.52. The molecule has 1 aliphatic rings. The lowest BCUT2D eigenvalue weighted by Gasteiger charge is -2.34. The Morgan fingerprint density at radius 3 is 2.47 bits per heavy atom. The Kier molecular flexibility index (Phi) is 6.87. The van der Waals surface area contributed by atoms with E-state index in [1.807, 2.05) is 0 Å². The number of halogens is 3. The first kappa shape index (κ1) is 23.7. The third-order valence-corrected chi connectivity index (χ3v) is 7.82. The van der Waals surface area contributed by atoms with Crippen molar-refractivity contribution in [2.24, 2.45) is 4.36 Å². The molecule has 0 unspecified atom stereocenters. The van der Waals surface area contributed by atoms with Gasteiger partial charge in [-0.15, -0.1) is 10.2 Å². The lowest BCUT2D eigenvalue weighted by atomic mass is 10.1. The van der Waals surface area contributed by atoms with Crippen molar-refractivity contribution >= 4 is 21.4 Å². The molecule has 1 aliphatic heterocycles. The highest BCUT2D eigenvalue weighted by atomic mass is 32.2. The van der Waals surface area contributed by atoms with Crippen molar-refractivity contribution in [3.63, 3.8) is 0 Å². The van der Waals surface area contributed by atoms with Crippen LogP contribution in [0.25, 0.3) is 11.5 Å². The summed E-state index contributed by atoms with van der Waals surface area (Å²) in [4.78, 5) is 16.4. The second-order valence-electron chi connectivity index (χ2n) is 7.61. The van der Waals surface area contributed by atoms with Crippen LogP contribution < -0.4 is 4.90 Å². The second kappa shape index (κ2) is 9.84. The van der Waals surface area contributed by atoms with Crippen LogP contribution in [0.2, 0.25) is 0 Å². The molecule has 8 nitrogen and oxygen atoms in total. The van der Waals surface area contributed by atoms with Gasteiger partial charge in [-0.2, -0.15) is 8.78 Å². The number of alkyl halides is 2. The SMILES string of the molecule is CN=S1(=O)CCN(C(=O)N(Cc2ccc(-c3nnc(C(F)F)o3)cc2F)c2ccccc2)CC1. The zero-order chi connectivity index (χ0) is 24.3. The molecule has 0 bridgehead atoms. The summed E-state index contributed by atoms with van der Waals surface area (Å²) in [5.74, 6) is -1.16. The summed E-state index contributed by atoms with van der Waals surface area (Å²) < 4.78 is 61.7. The third kappa shape index (κ3) is 5.06. The van der Waals surface area contributed by atoms with Crippen molar-refractivity contribution in [3.8, 4) is 11.5 Å². The van der Waals surface area contributed by atoms with E-state index in [-0.39, 0.29) is 54.2 Å². The number of carbonyl (C=O) groups is 1. The Morgan fingerprint density at radius 2 is 1.88 bits per heavy atom. The molecule has 180 valence electrons. The quantitative estimate of drug-likeness (QED) is 0.527. The molecule has 0 radical (unpaired) electrons. The van der Waals surface area contributed by atoms with Gasteiger partial charge in [0.05, 0.1) is 6.54 Å². The molecule has 34 heavy (non-hydrogen) atoms. The van der Waals surface area contributed by atoms with Crippen LogP contribution in [0.1, 0.15) is 17.9 Å². The van der Waals surface area contributed by atoms with Crippen molar-refractivity contribution in [1.82, 2.24) is 15.1 Å². The van der Waals surface area contributed by atoms with E-state index in [2.05, 4.69) is 14.6 Å². The van der Waals surface area contributed by atoms with E-state index in [1.54, 1.807) is 35.2 Å². The Morgan fingerprint density at radius 1 is 1.18 bits per heavy atom. The molecule has 2 aromatic carbocycles. The molecule has 0 saturated carbocycles. The van der Waals surface area contributed by atoms with Gasteiger partial charge in [-0.05, 0) is 24.3 Å². The van der Waals surface area contributed by atoms with E-state index in [1.165, 1.54) is 24.1 Å². The number of para-hydroxylation sites is 1. The predicted molar refractivity (Wildman–Crippen MR) is 120 cm³/mol. The normalized spacial score (nSPS) is 15.4. The average Bonchev–Trinajstić information content (AvgIpc) is 3.35. The maximum absolute atomic E-state index is 15.0. The number of carbonyl (C=O) groups excluding carboxylic acids is 1. The van der Waals surface area contributed by atoms with Crippen LogP contribution in [0.5, 0.6) is 0 Å². The summed E-state index contributed by atoms with van der Waals surface area (Å²) in [5.41, 5.74) is 0.923. The molecule has 0 N–H and O–H groups in total. The fraction of sp³-hybridized carbons (Fsp3) is 0.318. The Balaban J connectivity index is 1.58. The van der Waals surface area contributed by atoms with Crippen LogP contribution in [0.3, 0.4) is 0 Å². The molecule has 0 atom stereocenters. The highest BCUT2D eigenvalue weighted by Gasteiger charge is 2.28. The van der Waals surface area contributed by atoms with Gasteiger partial charge in [-0.3, -0.25) is 4.90 Å². The Bertz CT molecular complexity index is 1280. The first-order chi connectivity index (χ1) is 16.3. The van der Waals surface area contributed by atoms with Crippen molar-refractivity contribution in [3.05, 3.63) is 65.8 Å². The molecule has 0 spiro atoms. The van der Waals surface area contributed by atoms with E-state index in [0.717, 1.165) is 6.07 Å². The first-order valence-electron chi connectivity index (χ1n) is 10.4. The smallest absolute Gasteiger partial charge is 0.324 e. The van der Waals surface area contributed by atoms with Gasteiger partial charge in [-0.25, -0.2) is 17.8 Å². The van der Waals surface area contributed by atoms with Gasteiger partial charge in [0, 0.05) is 58.2 Å². The molecule has 2 amide bonds. The molecular weight excluding hydrogens is 471 g/mol. The molecule has 1 aromatic heterocycles. The number of aromatic nitrogens is 2. The number of anilines is 1. The maximum Gasteiger partial charge on any atom is 0.324 e. The fourth-order valence-electron chi connectivity index (χ4n) is 3.56. The molecule has 1 fully saturated rings. The number of rotatable bonds is 5. The number of hydrogen-bond donors (Lipinski definition) is 0. The summed E-state index contributed by atoms with van der Waals surface area (Å²) in [5, 5.41) is 6.78. The van der Waals surface area contributed by atoms with Gasteiger partial charge in [0.1, 0.15) is 5.82 Å². The van der Waals surface area contributed by atoms with Crippen molar-refractivity contribution in [1.29, 1.82) is 0 Å². The van der Waals surface area contributed by atoms with Crippen LogP contribution in [-0.4, -0.2) is 57.0 Å². The minimum Gasteiger partial charge on any atom is -0.415 e. The average molecular weight is 494 g/mol. The number of benzene rings is 2. The number of hydrogen-bond acceptors (Lipinski definition) is 6. The van der Waals surface area contributed by atoms with Crippen LogP contribution in [-0.2, 0) is 16.3 Å². The van der Waals surface area contributed by atoms with Gasteiger partial charge < -0.3 is 9.32 Å². The van der Waals surface area contributed by atoms with Gasteiger partial charge in [-0.1, -0.05) is 24.3 Å². The van der Waals surface area contributed by atoms with E-state index in [9.17, 15) is 22.2 Å². The molecule has 0 aliphatic carbocycles. The highest BCUT2D eigenvalue weighted by Crippen LogP contribution is 2.27. The summed E-state index contributed by atoms with van der Waals surface area (Å²) in [7, 11) is -0.781. The Labute approximate surface area is 194 Å². The van der Waals surface area contributed by atoms with E-state index >= 15 is 0 Å². The van der Waals surface area contributed by atoms with Crippen molar-refractivity contribution < 1.29 is 26.6 Å². The Hall–Kier alpha value is -3.41. The number of amides is 2. The first-order valence-corrected chi connectivity index (χ1v) is 12.3. The zero-order valence-corrected chi connectivity index (χ0v) is 19.1. The van der Waals surface area contributed by atoms with E-state index < -0.39 is 27.9 Å². The van der Waals surface area contributed by atoms with Crippen molar-refractivity contribution in [2.75, 3.05) is 36.5 Å². The second-order valence-corrected chi connectivity index (χ2v) is 10.3. The fourth-order valence-corrected chi connectivity index (χ4v) is 5.14. The largest absolute Gasteiger partial charge is 0.415 e. The number of urea groups is 1. The van der Waals surface area contributed by atoms with Crippen LogP contribution >= 0.6 is 0 Å². The van der Waals surface area contributed by atoms with Gasteiger partial charge in [0.15, 0.2) is 0 Å². The minimum absolute atomic E-state index is 0.0783. The van der Waals surface area contributed by atoms with Gasteiger partial charge >= 0.3 is 12.5 Å². The van der Waals surface area contributed by atoms with Gasteiger partial charge in [0.25, 0.3) is 5.89 Å². The monoisotopic (exact) mass is 493 g/mol. The maximum atomic E-state index is 15.0. The lowest BCUT2D eigenvalue weighted by Crippen LogP contribution is -2.49. The van der Waals surface area contributed by atoms with Crippen LogP contribution in [0.4, 0.5) is 23.7 Å². The molecule has 4 rings (SSSR count). The number of nitrogens with zero attached hydrogens (tertiary/aromatic N) is 5. The van der Waals surface area contributed by atoms with Crippen LogP contribution in [0, 0.1) is 5.82 Å². The molecule has 12 heteroatoms. The highest BCUT2D eigenvalue weighted by molar-refractivity contribution is 7.93. The molecule has 2 heterocycles. The molecule has 1 saturated heterocycles. The zero-order valence-electron chi connectivity index (χ0n) is 18.2. The summed E-state index contributed by atoms with van der Waals surface area (Å²) >= 11 is 0. The minimum atomic E-state index is -2.93. The lowest BCUT2D eigenvalue weighted by molar-refractivity contribution is 0.116.